The molecule has 0 aromatic heterocycles. The van der Waals surface area contributed by atoms with Crippen molar-refractivity contribution >= 4 is 5.96 Å². The van der Waals surface area contributed by atoms with Crippen LogP contribution in [-0.4, -0.2) is 49.6 Å². The number of rotatable bonds is 5. The number of nitrogens with zero attached hydrogens (tertiary/aromatic N) is 2. The molecular weight excluding hydrogens is 248 g/mol. The summed E-state index contributed by atoms with van der Waals surface area (Å²) in [5.41, 5.74) is 0.171. The van der Waals surface area contributed by atoms with Gasteiger partial charge in [-0.05, 0) is 45.1 Å². The Bertz CT molecular complexity index is 310. The summed E-state index contributed by atoms with van der Waals surface area (Å²) in [5, 5.41) is 6.85. The lowest BCUT2D eigenvalue weighted by molar-refractivity contribution is 0.0739. The lowest BCUT2D eigenvalue weighted by atomic mass is 9.93. The highest BCUT2D eigenvalue weighted by atomic mass is 15.2. The molecule has 1 aliphatic rings. The second-order valence-corrected chi connectivity index (χ2v) is 7.21. The molecule has 4 heteroatoms. The predicted octanol–water partition coefficient (Wildman–Crippen LogP) is 2.32. The molecule has 1 aliphatic heterocycles. The maximum Gasteiger partial charge on any atom is 0.191 e. The summed E-state index contributed by atoms with van der Waals surface area (Å²) in [7, 11) is 1.84. The molecule has 118 valence electrons. The van der Waals surface area contributed by atoms with Crippen molar-refractivity contribution in [2.24, 2.45) is 16.8 Å². The molecule has 0 aromatic rings. The molecule has 1 heterocycles. The second-order valence-electron chi connectivity index (χ2n) is 7.21. The first-order valence-electron chi connectivity index (χ1n) is 8.04. The molecule has 2 N–H and O–H groups in total. The van der Waals surface area contributed by atoms with E-state index in [-0.39, 0.29) is 5.54 Å². The molecule has 0 amide bonds. The molecule has 0 bridgehead atoms. The molecule has 0 aromatic carbocycles. The molecule has 0 aliphatic carbocycles. The van der Waals surface area contributed by atoms with Gasteiger partial charge in [-0.1, -0.05) is 20.8 Å². The van der Waals surface area contributed by atoms with Crippen LogP contribution < -0.4 is 10.6 Å². The van der Waals surface area contributed by atoms with Crippen LogP contribution in [0.15, 0.2) is 4.99 Å². The fraction of sp³-hybridized carbons (Fsp3) is 0.938. The zero-order valence-electron chi connectivity index (χ0n) is 14.3. The third-order valence-corrected chi connectivity index (χ3v) is 4.10. The number of aliphatic imine (C=N–C) groups is 1. The van der Waals surface area contributed by atoms with Crippen LogP contribution in [0.2, 0.25) is 0 Å². The van der Waals surface area contributed by atoms with Crippen molar-refractivity contribution in [3.8, 4) is 0 Å². The zero-order chi connectivity index (χ0) is 15.2. The minimum Gasteiger partial charge on any atom is -0.356 e. The van der Waals surface area contributed by atoms with Gasteiger partial charge in [0.1, 0.15) is 0 Å². The maximum atomic E-state index is 4.30. The summed E-state index contributed by atoms with van der Waals surface area (Å²) >= 11 is 0. The smallest absolute Gasteiger partial charge is 0.191 e. The fourth-order valence-corrected chi connectivity index (χ4v) is 2.67. The highest BCUT2D eigenvalue weighted by molar-refractivity contribution is 5.79. The van der Waals surface area contributed by atoms with Gasteiger partial charge in [0.05, 0.1) is 0 Å². The normalized spacial score (nSPS) is 22.1. The Balaban J connectivity index is 2.44. The Hall–Kier alpha value is -0.770. The molecule has 0 radical (unpaired) electrons. The summed E-state index contributed by atoms with van der Waals surface area (Å²) in [6.45, 7) is 15.8. The number of piperidine rings is 1. The summed E-state index contributed by atoms with van der Waals surface area (Å²) in [6, 6.07) is 0. The Labute approximate surface area is 125 Å². The van der Waals surface area contributed by atoms with Gasteiger partial charge < -0.3 is 10.6 Å². The first-order valence-corrected chi connectivity index (χ1v) is 8.04. The van der Waals surface area contributed by atoms with Crippen molar-refractivity contribution in [2.75, 3.05) is 33.2 Å². The second kappa shape index (κ2) is 7.87. The van der Waals surface area contributed by atoms with E-state index in [1.165, 1.54) is 25.9 Å². The zero-order valence-corrected chi connectivity index (χ0v) is 14.3. The molecule has 0 spiro atoms. The Morgan fingerprint density at radius 3 is 2.60 bits per heavy atom. The predicted molar refractivity (Wildman–Crippen MR) is 88.3 cm³/mol. The number of hydrogen-bond donors (Lipinski definition) is 2. The van der Waals surface area contributed by atoms with E-state index in [4.69, 9.17) is 0 Å². The van der Waals surface area contributed by atoms with Gasteiger partial charge in [-0.25, -0.2) is 0 Å². The van der Waals surface area contributed by atoms with Crippen molar-refractivity contribution in [1.82, 2.24) is 15.5 Å². The van der Waals surface area contributed by atoms with Crippen molar-refractivity contribution < 1.29 is 0 Å². The molecule has 1 fully saturated rings. The highest BCUT2D eigenvalue weighted by Crippen LogP contribution is 2.23. The highest BCUT2D eigenvalue weighted by Gasteiger charge is 2.30. The largest absolute Gasteiger partial charge is 0.356 e. The van der Waals surface area contributed by atoms with Crippen molar-refractivity contribution in [1.29, 1.82) is 0 Å². The molecule has 0 saturated carbocycles. The molecule has 1 saturated heterocycles. The summed E-state index contributed by atoms with van der Waals surface area (Å²) in [5.74, 6) is 2.36. The van der Waals surface area contributed by atoms with Crippen LogP contribution in [0.4, 0.5) is 0 Å². The van der Waals surface area contributed by atoms with Crippen molar-refractivity contribution in [3.63, 3.8) is 0 Å². The van der Waals surface area contributed by atoms with Crippen LogP contribution in [0.5, 0.6) is 0 Å². The number of guanidine groups is 1. The molecule has 4 nitrogen and oxygen atoms in total. The number of hydrogen-bond acceptors (Lipinski definition) is 2. The van der Waals surface area contributed by atoms with E-state index in [0.29, 0.717) is 5.92 Å². The van der Waals surface area contributed by atoms with Crippen LogP contribution in [0.1, 0.15) is 47.5 Å². The van der Waals surface area contributed by atoms with Crippen LogP contribution in [-0.2, 0) is 0 Å². The van der Waals surface area contributed by atoms with Gasteiger partial charge in [-0.15, -0.1) is 0 Å². The minimum absolute atomic E-state index is 0.171. The lowest BCUT2D eigenvalue weighted by Gasteiger charge is -2.43. The molecule has 20 heavy (non-hydrogen) atoms. The molecule has 1 unspecified atom stereocenters. The Morgan fingerprint density at radius 2 is 2.05 bits per heavy atom. The summed E-state index contributed by atoms with van der Waals surface area (Å²) in [4.78, 5) is 6.91. The van der Waals surface area contributed by atoms with Crippen LogP contribution in [0.25, 0.3) is 0 Å². The average molecular weight is 282 g/mol. The van der Waals surface area contributed by atoms with E-state index in [1.807, 2.05) is 7.05 Å². The van der Waals surface area contributed by atoms with E-state index in [9.17, 15) is 0 Å². The first-order chi connectivity index (χ1) is 9.35. The van der Waals surface area contributed by atoms with Gasteiger partial charge in [-0.2, -0.15) is 0 Å². The number of nitrogens with one attached hydrogen (secondary N) is 2. The van der Waals surface area contributed by atoms with E-state index in [0.717, 1.165) is 25.0 Å². The van der Waals surface area contributed by atoms with Crippen molar-refractivity contribution in [3.05, 3.63) is 0 Å². The van der Waals surface area contributed by atoms with Crippen LogP contribution in [0, 0.1) is 11.8 Å². The fourth-order valence-electron chi connectivity index (χ4n) is 2.67. The standard InChI is InChI=1S/C16H34N4/c1-13(2)10-18-15(17-6)19-12-16(4,5)20-9-7-8-14(3)11-20/h13-14H,7-12H2,1-6H3,(H2,17,18,19). The summed E-state index contributed by atoms with van der Waals surface area (Å²) in [6.07, 6.45) is 2.70. The minimum atomic E-state index is 0.171. The maximum absolute atomic E-state index is 4.30. The Kier molecular flexibility index (Phi) is 6.80. The SMILES string of the molecule is CN=C(NCC(C)C)NCC(C)(C)N1CCCC(C)C1. The van der Waals surface area contributed by atoms with E-state index in [1.54, 1.807) is 0 Å². The van der Waals surface area contributed by atoms with E-state index >= 15 is 0 Å². The molecule has 1 atom stereocenters. The van der Waals surface area contributed by atoms with E-state index in [2.05, 4.69) is 55.1 Å². The quantitative estimate of drug-likeness (QED) is 0.600. The van der Waals surface area contributed by atoms with Crippen LogP contribution in [0.3, 0.4) is 0 Å². The Morgan fingerprint density at radius 1 is 1.35 bits per heavy atom. The van der Waals surface area contributed by atoms with Crippen LogP contribution >= 0.6 is 0 Å². The molecular formula is C16H34N4. The third-order valence-electron chi connectivity index (χ3n) is 4.10. The third kappa shape index (κ3) is 5.70. The monoisotopic (exact) mass is 282 g/mol. The van der Waals surface area contributed by atoms with Gasteiger partial charge >= 0.3 is 0 Å². The van der Waals surface area contributed by atoms with Gasteiger partial charge in [0, 0.05) is 32.2 Å². The summed E-state index contributed by atoms with van der Waals surface area (Å²) < 4.78 is 0. The average Bonchev–Trinajstić information content (AvgIpc) is 2.38. The van der Waals surface area contributed by atoms with Gasteiger partial charge in [0.25, 0.3) is 0 Å². The van der Waals surface area contributed by atoms with Gasteiger partial charge in [-0.3, -0.25) is 9.89 Å². The van der Waals surface area contributed by atoms with E-state index < -0.39 is 0 Å². The van der Waals surface area contributed by atoms with Gasteiger partial charge in [0.2, 0.25) is 0 Å². The van der Waals surface area contributed by atoms with Crippen molar-refractivity contribution in [2.45, 2.75) is 53.0 Å². The first kappa shape index (κ1) is 17.3. The van der Waals surface area contributed by atoms with Gasteiger partial charge in [0.15, 0.2) is 5.96 Å². The molecule has 1 rings (SSSR count). The topological polar surface area (TPSA) is 39.7 Å². The number of likely N-dealkylation sites (tertiary alicyclic amines) is 1. The lowest BCUT2D eigenvalue weighted by Crippen LogP contribution is -2.56.